The first kappa shape index (κ1) is 30.5. The topological polar surface area (TPSA) is 57.6 Å². The highest BCUT2D eigenvalue weighted by Gasteiger charge is 2.30. The molecule has 0 aromatic heterocycles. The Bertz CT molecular complexity index is 1320. The van der Waals surface area contributed by atoms with Crippen LogP contribution in [0.15, 0.2) is 72.8 Å². The summed E-state index contributed by atoms with van der Waals surface area (Å²) >= 11 is 0. The second-order valence-corrected chi connectivity index (χ2v) is 9.94. The van der Waals surface area contributed by atoms with E-state index >= 15 is 0 Å². The summed E-state index contributed by atoms with van der Waals surface area (Å²) in [5.41, 5.74) is 3.52. The van der Waals surface area contributed by atoms with Gasteiger partial charge in [-0.3, -0.25) is 4.79 Å². The van der Waals surface area contributed by atoms with Gasteiger partial charge in [-0.05, 0) is 79.3 Å². The van der Waals surface area contributed by atoms with Gasteiger partial charge in [0.25, 0.3) is 0 Å². The number of unbranched alkanes of at least 4 members (excludes halogenated alkanes) is 3. The van der Waals surface area contributed by atoms with Crippen LogP contribution in [0.1, 0.15) is 72.9 Å². The normalized spacial score (nSPS) is 11.8. The minimum absolute atomic E-state index is 0.0420. The molecule has 0 saturated heterocycles. The van der Waals surface area contributed by atoms with Crippen molar-refractivity contribution in [3.8, 4) is 11.8 Å². The Labute approximate surface area is 233 Å². The Kier molecular flexibility index (Phi) is 11.0. The molecule has 0 radical (unpaired) electrons. The van der Waals surface area contributed by atoms with Crippen molar-refractivity contribution in [3.05, 3.63) is 106 Å². The van der Waals surface area contributed by atoms with Crippen LogP contribution in [-0.4, -0.2) is 27.9 Å². The van der Waals surface area contributed by atoms with Gasteiger partial charge in [0, 0.05) is 23.7 Å². The van der Waals surface area contributed by atoms with Gasteiger partial charge in [-0.2, -0.15) is 13.2 Å². The number of aryl methyl sites for hydroxylation is 1. The molecule has 1 unspecified atom stereocenters. The van der Waals surface area contributed by atoms with Gasteiger partial charge in [0.2, 0.25) is 0 Å². The molecule has 0 spiro atoms. The molecule has 210 valence electrons. The molecule has 0 aliphatic carbocycles. The van der Waals surface area contributed by atoms with Gasteiger partial charge in [-0.25, -0.2) is 4.79 Å². The number of carboxylic acids is 1. The smallest absolute Gasteiger partial charge is 0.416 e. The molecule has 0 heterocycles. The Morgan fingerprint density at radius 2 is 1.32 bits per heavy atom. The van der Waals surface area contributed by atoms with E-state index in [1.807, 2.05) is 24.3 Å². The predicted octanol–water partition coefficient (Wildman–Crippen LogP) is 7.27. The van der Waals surface area contributed by atoms with Crippen LogP contribution in [0.4, 0.5) is 13.2 Å². The maximum Gasteiger partial charge on any atom is 0.416 e. The number of hydrogen-bond acceptors (Lipinski definition) is 2. The van der Waals surface area contributed by atoms with Crippen molar-refractivity contribution >= 4 is 11.9 Å². The summed E-state index contributed by atoms with van der Waals surface area (Å²) in [4.78, 5) is 25.2. The molecule has 3 rings (SSSR count). The van der Waals surface area contributed by atoms with E-state index in [9.17, 15) is 27.9 Å². The number of aliphatic carboxylic acids is 1. The molecule has 3 aromatic carbocycles. The minimum atomic E-state index is -4.44. The summed E-state index contributed by atoms with van der Waals surface area (Å²) in [6.07, 6.45) is 1.75. The van der Waals surface area contributed by atoms with Crippen LogP contribution in [-0.2, 0) is 35.2 Å². The number of halogens is 3. The molecule has 1 N–H and O–H groups in total. The van der Waals surface area contributed by atoms with Crippen LogP contribution < -0.4 is 0 Å². The van der Waals surface area contributed by atoms with E-state index in [1.165, 1.54) is 48.3 Å². The zero-order chi connectivity index (χ0) is 29.1. The van der Waals surface area contributed by atoms with Gasteiger partial charge in [0.15, 0.2) is 0 Å². The molecule has 0 saturated carbocycles. The van der Waals surface area contributed by atoms with Crippen LogP contribution >= 0.6 is 0 Å². The monoisotopic (exact) mass is 549 g/mol. The summed E-state index contributed by atoms with van der Waals surface area (Å²) in [6, 6.07) is 19.5. The van der Waals surface area contributed by atoms with E-state index in [0.29, 0.717) is 11.1 Å². The molecular formula is C33H34F3NO3. The van der Waals surface area contributed by atoms with Crippen molar-refractivity contribution in [2.24, 2.45) is 0 Å². The molecular weight excluding hydrogens is 515 g/mol. The van der Waals surface area contributed by atoms with Crippen molar-refractivity contribution in [1.82, 2.24) is 4.90 Å². The molecule has 1 atom stereocenters. The number of rotatable bonds is 10. The fourth-order valence-corrected chi connectivity index (χ4v) is 4.38. The van der Waals surface area contributed by atoms with Gasteiger partial charge >= 0.3 is 18.1 Å². The van der Waals surface area contributed by atoms with Crippen LogP contribution in [0.5, 0.6) is 0 Å². The van der Waals surface area contributed by atoms with Crippen LogP contribution in [0.25, 0.3) is 0 Å². The van der Waals surface area contributed by atoms with E-state index in [2.05, 4.69) is 30.9 Å². The summed E-state index contributed by atoms with van der Waals surface area (Å²) < 4.78 is 38.6. The third-order valence-electron chi connectivity index (χ3n) is 6.72. The second kappa shape index (κ2) is 14.4. The molecule has 7 heteroatoms. The largest absolute Gasteiger partial charge is 0.474 e. The molecule has 0 aliphatic rings. The van der Waals surface area contributed by atoms with Crippen LogP contribution in [0.3, 0.4) is 0 Å². The van der Waals surface area contributed by atoms with Gasteiger partial charge in [0.05, 0.1) is 5.56 Å². The lowest BCUT2D eigenvalue weighted by Crippen LogP contribution is -2.43. The third kappa shape index (κ3) is 9.30. The van der Waals surface area contributed by atoms with E-state index < -0.39 is 29.7 Å². The molecule has 3 aromatic rings. The van der Waals surface area contributed by atoms with Gasteiger partial charge in [-0.1, -0.05) is 74.4 Å². The number of amides is 1. The maximum absolute atomic E-state index is 12.9. The van der Waals surface area contributed by atoms with Gasteiger partial charge in [0.1, 0.15) is 0 Å². The molecule has 4 nitrogen and oxygen atoms in total. The van der Waals surface area contributed by atoms with Crippen molar-refractivity contribution in [2.75, 3.05) is 0 Å². The van der Waals surface area contributed by atoms with Crippen LogP contribution in [0.2, 0.25) is 0 Å². The van der Waals surface area contributed by atoms with E-state index in [0.717, 1.165) is 29.7 Å². The Morgan fingerprint density at radius 1 is 0.800 bits per heavy atom. The molecule has 1 amide bonds. The highest BCUT2D eigenvalue weighted by Crippen LogP contribution is 2.29. The van der Waals surface area contributed by atoms with Crippen molar-refractivity contribution in [3.63, 3.8) is 0 Å². The first-order chi connectivity index (χ1) is 19.1. The lowest BCUT2D eigenvalue weighted by atomic mass is 10.0. The fraction of sp³-hybridized carbons (Fsp3) is 0.333. The zero-order valence-corrected chi connectivity index (χ0v) is 22.8. The average molecular weight is 550 g/mol. The highest BCUT2D eigenvalue weighted by molar-refractivity contribution is 6.31. The summed E-state index contributed by atoms with van der Waals surface area (Å²) in [7, 11) is 0. The predicted molar refractivity (Wildman–Crippen MR) is 150 cm³/mol. The maximum atomic E-state index is 12.9. The first-order valence-electron chi connectivity index (χ1n) is 13.5. The van der Waals surface area contributed by atoms with Gasteiger partial charge < -0.3 is 10.0 Å². The minimum Gasteiger partial charge on any atom is -0.474 e. The van der Waals surface area contributed by atoms with Crippen molar-refractivity contribution < 1.29 is 27.9 Å². The van der Waals surface area contributed by atoms with Crippen molar-refractivity contribution in [2.45, 2.75) is 71.1 Å². The van der Waals surface area contributed by atoms with E-state index in [4.69, 9.17) is 0 Å². The molecule has 0 bridgehead atoms. The molecule has 40 heavy (non-hydrogen) atoms. The zero-order valence-electron chi connectivity index (χ0n) is 22.8. The second-order valence-electron chi connectivity index (χ2n) is 9.94. The first-order valence-corrected chi connectivity index (χ1v) is 13.5. The number of alkyl halides is 3. The molecule has 0 aliphatic heterocycles. The number of benzene rings is 3. The average Bonchev–Trinajstić information content (AvgIpc) is 2.93. The number of hydrogen-bond donors (Lipinski definition) is 1. The summed E-state index contributed by atoms with van der Waals surface area (Å²) in [6.45, 7) is 3.92. The van der Waals surface area contributed by atoms with Crippen LogP contribution in [0, 0.1) is 11.8 Å². The molecule has 0 fully saturated rings. The lowest BCUT2D eigenvalue weighted by molar-refractivity contribution is -0.157. The highest BCUT2D eigenvalue weighted by atomic mass is 19.4. The lowest BCUT2D eigenvalue weighted by Gasteiger charge is -2.28. The third-order valence-corrected chi connectivity index (χ3v) is 6.72. The number of carboxylic acid groups (broad SMARTS) is 1. The summed E-state index contributed by atoms with van der Waals surface area (Å²) in [5, 5.41) is 9.34. The fourth-order valence-electron chi connectivity index (χ4n) is 4.38. The van der Waals surface area contributed by atoms with Gasteiger partial charge in [-0.15, -0.1) is 0 Å². The number of nitrogens with zero attached hydrogens (tertiary/aromatic N) is 1. The van der Waals surface area contributed by atoms with E-state index in [-0.39, 0.29) is 13.0 Å². The Balaban J connectivity index is 1.64. The SMILES string of the molecule is CCCCCCc1ccc(C#Cc2ccc(CN(C(=O)C(=O)O)C(C)Cc3ccc(C(F)(F)F)cc3)cc2)cc1. The Morgan fingerprint density at radius 3 is 1.82 bits per heavy atom. The quantitative estimate of drug-likeness (QED) is 0.164. The Hall–Kier alpha value is -4.05. The number of carbonyl (C=O) groups is 2. The van der Waals surface area contributed by atoms with E-state index in [1.54, 1.807) is 19.1 Å². The number of carbonyl (C=O) groups excluding carboxylic acids is 1. The standard InChI is InChI=1S/C33H34F3NO3/c1-3-4-5-6-7-25-8-10-26(11-9-25)12-13-27-14-16-29(17-15-27)23-37(31(38)32(39)40)24(2)22-28-18-20-30(21-19-28)33(34,35)36/h8-11,14-21,24H,3-7,22-23H2,1-2H3,(H,39,40). The van der Waals surface area contributed by atoms with Crippen molar-refractivity contribution in [1.29, 1.82) is 0 Å². The summed E-state index contributed by atoms with van der Waals surface area (Å²) in [5.74, 6) is 3.62.